The molecule has 3 N–H and O–H groups in total. The van der Waals surface area contributed by atoms with Crippen molar-refractivity contribution in [1.29, 1.82) is 0 Å². The SMILES string of the molecule is O=C(NS(=O)(=O)c1ccc(N[C@H](CCN2CCOCC2)CSc2ccccc2)c(S(=O)(=O)C(F)(F)F)c1)c1ccc(N2CCC([C@@H](O)c3ccccc3-c3ccc(Cl)cc3)CC2)cc1. The van der Waals surface area contributed by atoms with Gasteiger partial charge in [-0.05, 0) is 109 Å². The quantitative estimate of drug-likeness (QED) is 0.0818. The fourth-order valence-corrected chi connectivity index (χ4v) is 11.0. The smallest absolute Gasteiger partial charge is 0.388 e. The number of nitrogens with zero attached hydrogens (tertiary/aromatic N) is 2. The lowest BCUT2D eigenvalue weighted by molar-refractivity contribution is -0.0435. The molecule has 11 nitrogen and oxygen atoms in total. The third kappa shape index (κ3) is 11.6. The van der Waals surface area contributed by atoms with Crippen molar-refractivity contribution in [2.45, 2.75) is 51.6 Å². The highest BCUT2D eigenvalue weighted by Gasteiger charge is 2.48. The van der Waals surface area contributed by atoms with Gasteiger partial charge < -0.3 is 20.1 Å². The number of carbonyl (C=O) groups is 1. The zero-order chi connectivity index (χ0) is 45.5. The third-order valence-electron chi connectivity index (χ3n) is 11.5. The second-order valence-electron chi connectivity index (χ2n) is 15.7. The first-order valence-corrected chi connectivity index (χ1v) is 25.1. The molecule has 0 saturated carbocycles. The molecule has 7 rings (SSSR count). The highest BCUT2D eigenvalue weighted by Crippen LogP contribution is 2.39. The van der Waals surface area contributed by atoms with Crippen LogP contribution in [0.4, 0.5) is 24.5 Å². The Balaban J connectivity index is 1.02. The van der Waals surface area contributed by atoms with Gasteiger partial charge in [-0.2, -0.15) is 13.2 Å². The Hall–Kier alpha value is -4.62. The topological polar surface area (TPSA) is 145 Å². The normalized spacial score (nSPS) is 16.5. The number of sulfonamides is 1. The summed E-state index contributed by atoms with van der Waals surface area (Å²) in [5, 5.41) is 15.1. The molecule has 2 saturated heterocycles. The zero-order valence-electron chi connectivity index (χ0n) is 34.6. The Morgan fingerprint density at radius 1 is 0.844 bits per heavy atom. The summed E-state index contributed by atoms with van der Waals surface area (Å²) in [6, 6.07) is 32.6. The minimum Gasteiger partial charge on any atom is -0.388 e. The molecule has 1 amide bonds. The van der Waals surface area contributed by atoms with Crippen molar-refractivity contribution in [2.75, 3.05) is 61.9 Å². The molecule has 18 heteroatoms. The Kier molecular flexibility index (Phi) is 15.3. The Morgan fingerprint density at radius 2 is 1.50 bits per heavy atom. The van der Waals surface area contributed by atoms with Crippen LogP contribution in [0.15, 0.2) is 136 Å². The van der Waals surface area contributed by atoms with Gasteiger partial charge in [0.25, 0.3) is 25.8 Å². The predicted octanol–water partition coefficient (Wildman–Crippen LogP) is 8.66. The summed E-state index contributed by atoms with van der Waals surface area (Å²) in [6.45, 7) is 4.20. The van der Waals surface area contributed by atoms with Crippen LogP contribution in [0.5, 0.6) is 0 Å². The molecular weight excluding hydrogens is 909 g/mol. The van der Waals surface area contributed by atoms with E-state index in [0.717, 1.165) is 39.4 Å². The number of anilines is 2. The first-order valence-electron chi connectivity index (χ1n) is 20.7. The van der Waals surface area contributed by atoms with Gasteiger partial charge in [0.2, 0.25) is 0 Å². The van der Waals surface area contributed by atoms with Gasteiger partial charge in [0.15, 0.2) is 0 Å². The lowest BCUT2D eigenvalue weighted by Crippen LogP contribution is -2.39. The molecule has 0 unspecified atom stereocenters. The maximum Gasteiger partial charge on any atom is 0.501 e. The number of alkyl halides is 3. The van der Waals surface area contributed by atoms with Crippen molar-refractivity contribution in [1.82, 2.24) is 9.62 Å². The van der Waals surface area contributed by atoms with Crippen LogP contribution < -0.4 is 14.9 Å². The number of sulfone groups is 1. The number of rotatable bonds is 16. The molecule has 2 aliphatic rings. The Bertz CT molecular complexity index is 2590. The van der Waals surface area contributed by atoms with Crippen LogP contribution in [0, 0.1) is 5.92 Å². The number of halogens is 4. The molecule has 2 fully saturated rings. The molecule has 0 spiro atoms. The number of piperidine rings is 1. The number of ether oxygens (including phenoxy) is 1. The van der Waals surface area contributed by atoms with E-state index in [-0.39, 0.29) is 11.5 Å². The largest absolute Gasteiger partial charge is 0.501 e. The maximum atomic E-state index is 14.2. The average molecular weight is 958 g/mol. The standard InChI is InChI=1S/C46H48ClF3N4O7S3/c47-35-14-10-32(11-15-35)40-8-4-5-9-41(40)44(55)33-20-24-54(25-21-33)37-16-12-34(13-17-37)45(56)52-64(59,60)39-18-19-42(43(30-39)63(57,58)46(48,49)50)51-36(22-23-53-26-28-61-29-27-53)31-62-38-6-2-1-3-7-38/h1-19,30,33,36,44,51,55H,20-29,31H2,(H,52,56)/t36-,44-/m1/s1. The first kappa shape index (κ1) is 47.3. The highest BCUT2D eigenvalue weighted by molar-refractivity contribution is 7.99. The number of hydrogen-bond donors (Lipinski definition) is 3. The van der Waals surface area contributed by atoms with E-state index in [1.54, 1.807) is 12.1 Å². The fraction of sp³-hybridized carbons (Fsp3) is 0.326. The van der Waals surface area contributed by atoms with E-state index < -0.39 is 58.9 Å². The molecule has 5 aromatic carbocycles. The molecule has 0 aliphatic carbocycles. The summed E-state index contributed by atoms with van der Waals surface area (Å²) in [5.41, 5.74) is -2.73. The molecule has 0 radical (unpaired) electrons. The van der Waals surface area contributed by atoms with Crippen molar-refractivity contribution in [3.63, 3.8) is 0 Å². The highest BCUT2D eigenvalue weighted by atomic mass is 35.5. The van der Waals surface area contributed by atoms with Gasteiger partial charge in [-0.3, -0.25) is 9.69 Å². The summed E-state index contributed by atoms with van der Waals surface area (Å²) in [7, 11) is -10.9. The van der Waals surface area contributed by atoms with Crippen LogP contribution in [0.1, 0.15) is 41.3 Å². The minimum absolute atomic E-state index is 0.0168. The second-order valence-corrected chi connectivity index (χ2v) is 20.8. The maximum absolute atomic E-state index is 14.2. The van der Waals surface area contributed by atoms with Crippen LogP contribution in [-0.4, -0.2) is 96.0 Å². The van der Waals surface area contributed by atoms with Gasteiger partial charge in [-0.15, -0.1) is 11.8 Å². The molecule has 2 aliphatic heterocycles. The Labute approximate surface area is 380 Å². The molecule has 2 heterocycles. The van der Waals surface area contributed by atoms with Crippen LogP contribution in [0.2, 0.25) is 5.02 Å². The van der Waals surface area contributed by atoms with E-state index in [1.165, 1.54) is 23.9 Å². The number of nitrogens with one attached hydrogen (secondary N) is 2. The number of carbonyl (C=O) groups excluding carboxylic acids is 1. The van der Waals surface area contributed by atoms with Gasteiger partial charge in [0, 0.05) is 65.7 Å². The summed E-state index contributed by atoms with van der Waals surface area (Å²) < 4.78 is 103. The lowest BCUT2D eigenvalue weighted by atomic mass is 9.84. The summed E-state index contributed by atoms with van der Waals surface area (Å²) in [4.78, 5) is 16.3. The number of hydrogen-bond acceptors (Lipinski definition) is 11. The van der Waals surface area contributed by atoms with Gasteiger partial charge in [0.05, 0.1) is 29.9 Å². The van der Waals surface area contributed by atoms with Crippen molar-refractivity contribution in [3.05, 3.63) is 137 Å². The summed E-state index contributed by atoms with van der Waals surface area (Å²) >= 11 is 7.54. The molecule has 5 aromatic rings. The molecular formula is C46H48ClF3N4O7S3. The van der Waals surface area contributed by atoms with E-state index in [9.17, 15) is 39.9 Å². The van der Waals surface area contributed by atoms with E-state index in [0.29, 0.717) is 82.0 Å². The van der Waals surface area contributed by atoms with Gasteiger partial charge in [-0.25, -0.2) is 21.6 Å². The molecule has 0 aromatic heterocycles. The van der Waals surface area contributed by atoms with Crippen molar-refractivity contribution in [2.24, 2.45) is 5.92 Å². The minimum atomic E-state index is -6.07. The first-order chi connectivity index (χ1) is 30.6. The number of aliphatic hydroxyl groups excluding tert-OH is 1. The molecule has 0 bridgehead atoms. The van der Waals surface area contributed by atoms with Crippen LogP contribution in [0.3, 0.4) is 0 Å². The van der Waals surface area contributed by atoms with Crippen LogP contribution in [0.25, 0.3) is 11.1 Å². The van der Waals surface area contributed by atoms with Gasteiger partial charge in [-0.1, -0.05) is 66.2 Å². The molecule has 2 atom stereocenters. The monoisotopic (exact) mass is 956 g/mol. The zero-order valence-corrected chi connectivity index (χ0v) is 37.8. The lowest BCUT2D eigenvalue weighted by Gasteiger charge is -2.36. The van der Waals surface area contributed by atoms with Crippen LogP contribution >= 0.6 is 23.4 Å². The predicted molar refractivity (Wildman–Crippen MR) is 244 cm³/mol. The number of benzene rings is 5. The van der Waals surface area contributed by atoms with Gasteiger partial charge >= 0.3 is 5.51 Å². The Morgan fingerprint density at radius 3 is 2.17 bits per heavy atom. The van der Waals surface area contributed by atoms with Crippen LogP contribution in [-0.2, 0) is 24.6 Å². The number of aliphatic hydroxyl groups is 1. The van der Waals surface area contributed by atoms with Crippen molar-refractivity contribution >= 4 is 60.5 Å². The van der Waals surface area contributed by atoms with Gasteiger partial charge in [0.1, 0.15) is 4.90 Å². The summed E-state index contributed by atoms with van der Waals surface area (Å²) in [5.74, 6) is -0.718. The summed E-state index contributed by atoms with van der Waals surface area (Å²) in [6.07, 6.45) is 1.09. The third-order valence-corrected chi connectivity index (χ3v) is 15.7. The van der Waals surface area contributed by atoms with Crippen molar-refractivity contribution in [3.8, 4) is 11.1 Å². The number of thioether (sulfide) groups is 1. The van der Waals surface area contributed by atoms with E-state index >= 15 is 0 Å². The fourth-order valence-electron chi connectivity index (χ4n) is 7.87. The number of amides is 1. The molecule has 64 heavy (non-hydrogen) atoms. The van der Waals surface area contributed by atoms with E-state index in [2.05, 4.69) is 15.1 Å². The van der Waals surface area contributed by atoms with E-state index in [1.807, 2.05) is 83.6 Å². The molecule has 340 valence electrons. The second kappa shape index (κ2) is 20.7. The van der Waals surface area contributed by atoms with E-state index in [4.69, 9.17) is 16.3 Å². The average Bonchev–Trinajstić information content (AvgIpc) is 3.30. The van der Waals surface area contributed by atoms with Crippen molar-refractivity contribution < 1.29 is 44.6 Å². The number of morpholine rings is 1.